The van der Waals surface area contributed by atoms with Crippen LogP contribution in [0.4, 0.5) is 16.2 Å². The molecule has 0 atom stereocenters. The molecule has 0 aliphatic rings. The second-order valence-electron chi connectivity index (χ2n) is 6.48. The first-order valence-electron chi connectivity index (χ1n) is 8.75. The number of aromatic amines is 2. The van der Waals surface area contributed by atoms with Crippen LogP contribution in [0.5, 0.6) is 0 Å². The number of hydrogen-bond acceptors (Lipinski definition) is 6. The lowest BCUT2D eigenvalue weighted by atomic mass is 10.3. The van der Waals surface area contributed by atoms with Crippen molar-refractivity contribution in [3.8, 4) is 0 Å². The monoisotopic (exact) mass is 417 g/mol. The Kier molecular flexibility index (Phi) is 6.90. The van der Waals surface area contributed by atoms with Gasteiger partial charge in [0.1, 0.15) is 11.4 Å². The van der Waals surface area contributed by atoms with Crippen LogP contribution in [0.25, 0.3) is 0 Å². The van der Waals surface area contributed by atoms with Gasteiger partial charge in [0.25, 0.3) is 11.8 Å². The van der Waals surface area contributed by atoms with Crippen LogP contribution in [0.15, 0.2) is 29.8 Å². The highest BCUT2D eigenvalue weighted by atomic mass is 16.3. The lowest BCUT2D eigenvalue weighted by Gasteiger charge is -2.16. The molecule has 0 radical (unpaired) electrons. The van der Waals surface area contributed by atoms with Crippen LogP contribution in [0.2, 0.25) is 0 Å². The van der Waals surface area contributed by atoms with Crippen molar-refractivity contribution < 1.29 is 14.4 Å². The number of hydrogen-bond donors (Lipinski definition) is 5. The molecule has 2 aromatic heterocycles. The van der Waals surface area contributed by atoms with Crippen molar-refractivity contribution in [2.75, 3.05) is 37.9 Å². The van der Waals surface area contributed by atoms with Crippen LogP contribution in [0, 0.1) is 10.3 Å². The molecule has 13 heteroatoms. The van der Waals surface area contributed by atoms with Crippen molar-refractivity contribution in [3.05, 3.63) is 40.8 Å². The summed E-state index contributed by atoms with van der Waals surface area (Å²) >= 11 is 0. The highest BCUT2D eigenvalue weighted by Crippen LogP contribution is 2.19. The smallest absolute Gasteiger partial charge is 0.344 e. The molecule has 0 unspecified atom stereocenters. The fourth-order valence-corrected chi connectivity index (χ4v) is 2.42. The summed E-state index contributed by atoms with van der Waals surface area (Å²) < 4.78 is 0. The van der Waals surface area contributed by atoms with E-state index < -0.39 is 11.9 Å². The van der Waals surface area contributed by atoms with Crippen molar-refractivity contribution in [2.45, 2.75) is 6.42 Å². The quantitative estimate of drug-likeness (QED) is 0.186. The number of amides is 4. The van der Waals surface area contributed by atoms with Gasteiger partial charge in [-0.25, -0.2) is 4.79 Å². The lowest BCUT2D eigenvalue weighted by Crippen LogP contribution is -2.30. The normalized spacial score (nSPS) is 10.2. The van der Waals surface area contributed by atoms with Crippen LogP contribution < -0.4 is 16.0 Å². The maximum absolute atomic E-state index is 12.7. The molecule has 4 amide bonds. The van der Waals surface area contributed by atoms with Gasteiger partial charge in [0.05, 0.1) is 22.5 Å². The number of aromatic nitrogens is 2. The summed E-state index contributed by atoms with van der Waals surface area (Å²) in [6, 6.07) is 2.18. The Bertz CT molecular complexity index is 964. The second-order valence-corrected chi connectivity index (χ2v) is 6.48. The SMILES string of the molecule is CN(CCC(=N)N)C(=O)c1cc(N(C)C(=O)c2cc(NC(=O)N(C)N=O)c[nH]2)c[nH]1. The third-order valence-electron chi connectivity index (χ3n) is 4.23. The summed E-state index contributed by atoms with van der Waals surface area (Å²) in [5.41, 5.74) is 6.50. The number of H-pyrrole nitrogens is 2. The van der Waals surface area contributed by atoms with Crippen LogP contribution in [0.1, 0.15) is 27.4 Å². The highest BCUT2D eigenvalue weighted by molar-refractivity contribution is 6.06. The highest BCUT2D eigenvalue weighted by Gasteiger charge is 2.20. The zero-order valence-corrected chi connectivity index (χ0v) is 16.7. The fraction of sp³-hybridized carbons (Fsp3) is 0.294. The van der Waals surface area contributed by atoms with Gasteiger partial charge < -0.3 is 30.8 Å². The number of carbonyl (C=O) groups is 3. The second kappa shape index (κ2) is 9.36. The average Bonchev–Trinajstić information content (AvgIpc) is 3.39. The summed E-state index contributed by atoms with van der Waals surface area (Å²) in [5.74, 6) is -0.732. The number of amidine groups is 1. The molecular weight excluding hydrogens is 394 g/mol. The van der Waals surface area contributed by atoms with Gasteiger partial charge in [-0.2, -0.15) is 5.01 Å². The van der Waals surface area contributed by atoms with Crippen LogP contribution in [-0.4, -0.2) is 71.2 Å². The first-order valence-corrected chi connectivity index (χ1v) is 8.75. The van der Waals surface area contributed by atoms with E-state index in [2.05, 4.69) is 20.6 Å². The molecule has 0 saturated carbocycles. The molecule has 0 aliphatic carbocycles. The zero-order valence-electron chi connectivity index (χ0n) is 16.7. The predicted octanol–water partition coefficient (Wildman–Crippen LogP) is 1.16. The van der Waals surface area contributed by atoms with E-state index in [0.29, 0.717) is 17.2 Å². The summed E-state index contributed by atoms with van der Waals surface area (Å²) in [6.45, 7) is 0.295. The minimum absolute atomic E-state index is 0.0114. The van der Waals surface area contributed by atoms with Gasteiger partial charge in [0.15, 0.2) is 0 Å². The molecule has 2 rings (SSSR count). The van der Waals surface area contributed by atoms with E-state index in [1.165, 1.54) is 48.4 Å². The Morgan fingerprint density at radius 1 is 1.10 bits per heavy atom. The molecule has 0 fully saturated rings. The molecule has 0 aliphatic heterocycles. The van der Waals surface area contributed by atoms with Gasteiger partial charge in [-0.15, -0.1) is 4.91 Å². The largest absolute Gasteiger partial charge is 0.388 e. The Morgan fingerprint density at radius 2 is 1.73 bits per heavy atom. The third kappa shape index (κ3) is 5.21. The van der Waals surface area contributed by atoms with Gasteiger partial charge in [0.2, 0.25) is 0 Å². The van der Waals surface area contributed by atoms with E-state index in [-0.39, 0.29) is 35.2 Å². The molecule has 13 nitrogen and oxygen atoms in total. The molecule has 0 aromatic carbocycles. The van der Waals surface area contributed by atoms with Crippen molar-refractivity contribution >= 4 is 35.1 Å². The number of nitroso groups, excluding NO2 is 1. The van der Waals surface area contributed by atoms with Gasteiger partial charge in [-0.05, 0) is 12.1 Å². The molecule has 0 bridgehead atoms. The molecular formula is C17H23N9O4. The van der Waals surface area contributed by atoms with Gasteiger partial charge in [0, 0.05) is 46.5 Å². The fourth-order valence-electron chi connectivity index (χ4n) is 2.42. The summed E-state index contributed by atoms with van der Waals surface area (Å²) in [7, 11) is 4.31. The summed E-state index contributed by atoms with van der Waals surface area (Å²) in [4.78, 5) is 55.4. The molecule has 2 heterocycles. The zero-order chi connectivity index (χ0) is 22.4. The van der Waals surface area contributed by atoms with E-state index in [1.54, 1.807) is 7.05 Å². The van der Waals surface area contributed by atoms with E-state index in [0.717, 1.165) is 0 Å². The minimum Gasteiger partial charge on any atom is -0.388 e. The molecule has 0 spiro atoms. The Hall–Kier alpha value is -4.16. The van der Waals surface area contributed by atoms with E-state index in [1.807, 2.05) is 0 Å². The number of carbonyl (C=O) groups excluding carboxylic acids is 3. The van der Waals surface area contributed by atoms with Crippen molar-refractivity contribution in [3.63, 3.8) is 0 Å². The number of nitrogens with zero attached hydrogens (tertiary/aromatic N) is 4. The number of nitrogens with two attached hydrogens (primary N) is 1. The molecule has 30 heavy (non-hydrogen) atoms. The van der Waals surface area contributed by atoms with Crippen molar-refractivity contribution in [1.82, 2.24) is 19.9 Å². The lowest BCUT2D eigenvalue weighted by molar-refractivity contribution is 0.0793. The molecule has 160 valence electrons. The first kappa shape index (κ1) is 22.1. The van der Waals surface area contributed by atoms with E-state index in [4.69, 9.17) is 11.1 Å². The van der Waals surface area contributed by atoms with Gasteiger partial charge in [-0.3, -0.25) is 15.0 Å². The maximum Gasteiger partial charge on any atom is 0.344 e. The van der Waals surface area contributed by atoms with Crippen LogP contribution >= 0.6 is 0 Å². The minimum atomic E-state index is -0.751. The van der Waals surface area contributed by atoms with Gasteiger partial charge in [-0.1, -0.05) is 0 Å². The first-order chi connectivity index (χ1) is 14.1. The summed E-state index contributed by atoms with van der Waals surface area (Å²) in [6.07, 6.45) is 3.17. The van der Waals surface area contributed by atoms with E-state index >= 15 is 0 Å². The van der Waals surface area contributed by atoms with Crippen LogP contribution in [0.3, 0.4) is 0 Å². The Balaban J connectivity index is 2.05. The predicted molar refractivity (Wildman–Crippen MR) is 110 cm³/mol. The van der Waals surface area contributed by atoms with E-state index in [9.17, 15) is 19.3 Å². The third-order valence-corrected chi connectivity index (χ3v) is 4.23. The Morgan fingerprint density at radius 3 is 2.37 bits per heavy atom. The molecule has 6 N–H and O–H groups in total. The topological polar surface area (TPSA) is 184 Å². The van der Waals surface area contributed by atoms with Crippen LogP contribution in [-0.2, 0) is 0 Å². The van der Waals surface area contributed by atoms with Crippen molar-refractivity contribution in [1.29, 1.82) is 5.41 Å². The van der Waals surface area contributed by atoms with Gasteiger partial charge >= 0.3 is 6.03 Å². The number of anilines is 2. The number of nitrogens with one attached hydrogen (secondary N) is 4. The maximum atomic E-state index is 12.7. The average molecular weight is 417 g/mol. The van der Waals surface area contributed by atoms with Crippen molar-refractivity contribution in [2.24, 2.45) is 11.0 Å². The standard InChI is InChI=1S/C17H23N9O4/c1-24(5-4-14(18)19)15(27)13-7-11(9-21-13)25(2)16(28)12-6-10(8-20-12)22-17(29)26(3)23-30/h6-9,20-21H,4-5H2,1-3H3,(H3,18,19)(H,22,29). The number of urea groups is 1. The molecule has 0 saturated heterocycles. The summed E-state index contributed by atoms with van der Waals surface area (Å²) in [5, 5.41) is 12.7. The number of rotatable bonds is 8. The Labute approximate surface area is 171 Å². The molecule has 2 aromatic rings.